The number of para-hydroxylation sites is 1. The minimum Gasteiger partial charge on any atom is -0.309 e. The van der Waals surface area contributed by atoms with Gasteiger partial charge in [0, 0.05) is 21.9 Å². The molecule has 1 aliphatic rings. The van der Waals surface area contributed by atoms with E-state index in [1.807, 2.05) is 12.1 Å². The van der Waals surface area contributed by atoms with Gasteiger partial charge in [-0.05, 0) is 110 Å². The van der Waals surface area contributed by atoms with Crippen LogP contribution < -0.4 is 0 Å². The predicted molar refractivity (Wildman–Crippen MR) is 199 cm³/mol. The van der Waals surface area contributed by atoms with Crippen LogP contribution in [0.2, 0.25) is 0 Å². The molecule has 0 radical (unpaired) electrons. The molecule has 7 aromatic carbocycles. The smallest absolute Gasteiger partial charge is 0.0992 e. The molecule has 0 fully saturated rings. The SMILES string of the molecule is CC1(C)c2ccccc2-c2cc3c4ccccc4n(-c4cc(C#N)cc(-c5cc(-c6ccccc6)cc(-c6ccccc6)c5)c4)c3cc21. The maximum Gasteiger partial charge on any atom is 0.0992 e. The fraction of sp³-hybridized carbons (Fsp3) is 0.0652. The summed E-state index contributed by atoms with van der Waals surface area (Å²) in [5, 5.41) is 12.8. The highest BCUT2D eigenvalue weighted by molar-refractivity contribution is 6.11. The minimum atomic E-state index is -0.118. The molecule has 0 aliphatic heterocycles. The molecule has 1 aromatic heterocycles. The first kappa shape index (κ1) is 28.1. The van der Waals surface area contributed by atoms with Gasteiger partial charge < -0.3 is 4.57 Å². The predicted octanol–water partition coefficient (Wildman–Crippen LogP) is 12.0. The van der Waals surface area contributed by atoms with E-state index < -0.39 is 0 Å². The van der Waals surface area contributed by atoms with Crippen molar-refractivity contribution in [2.24, 2.45) is 0 Å². The Morgan fingerprint density at radius 2 is 1.04 bits per heavy atom. The van der Waals surface area contributed by atoms with Gasteiger partial charge in [-0.3, -0.25) is 0 Å². The maximum atomic E-state index is 10.4. The van der Waals surface area contributed by atoms with Crippen molar-refractivity contribution >= 4 is 21.8 Å². The fourth-order valence-electron chi connectivity index (χ4n) is 7.80. The quantitative estimate of drug-likeness (QED) is 0.194. The molecule has 8 aromatic rings. The van der Waals surface area contributed by atoms with Gasteiger partial charge in [0.15, 0.2) is 0 Å². The third-order valence-electron chi connectivity index (χ3n) is 10.2. The molecular weight excluding hydrogens is 581 g/mol. The van der Waals surface area contributed by atoms with E-state index in [-0.39, 0.29) is 5.41 Å². The maximum absolute atomic E-state index is 10.4. The third kappa shape index (κ3) is 4.33. The summed E-state index contributed by atoms with van der Waals surface area (Å²) in [6, 6.07) is 58.8. The molecule has 0 spiro atoms. The number of hydrogen-bond donors (Lipinski definition) is 0. The number of benzene rings is 7. The van der Waals surface area contributed by atoms with Crippen LogP contribution in [0.5, 0.6) is 0 Å². The van der Waals surface area contributed by atoms with E-state index >= 15 is 0 Å². The van der Waals surface area contributed by atoms with E-state index in [2.05, 4.69) is 170 Å². The average Bonchev–Trinajstić information content (AvgIpc) is 3.59. The Morgan fingerprint density at radius 1 is 0.458 bits per heavy atom. The summed E-state index contributed by atoms with van der Waals surface area (Å²) in [6.07, 6.45) is 0. The van der Waals surface area contributed by atoms with Crippen molar-refractivity contribution in [2.45, 2.75) is 19.3 Å². The van der Waals surface area contributed by atoms with Crippen LogP contribution in [0.1, 0.15) is 30.5 Å². The number of fused-ring (bicyclic) bond motifs is 6. The molecule has 1 heterocycles. The van der Waals surface area contributed by atoms with Crippen LogP contribution in [-0.4, -0.2) is 4.57 Å². The minimum absolute atomic E-state index is 0.118. The van der Waals surface area contributed by atoms with E-state index in [1.165, 1.54) is 33.0 Å². The van der Waals surface area contributed by atoms with Crippen molar-refractivity contribution in [3.05, 3.63) is 174 Å². The molecule has 0 unspecified atom stereocenters. The molecule has 48 heavy (non-hydrogen) atoms. The zero-order chi connectivity index (χ0) is 32.4. The fourth-order valence-corrected chi connectivity index (χ4v) is 7.80. The number of nitrogens with zero attached hydrogens (tertiary/aromatic N) is 2. The van der Waals surface area contributed by atoms with Crippen LogP contribution in [0.4, 0.5) is 0 Å². The van der Waals surface area contributed by atoms with E-state index in [0.717, 1.165) is 50.1 Å². The standard InChI is InChI=1S/C46H32N2/c1-46(2)42-19-11-9-17-38(42)40-27-41-39-18-10-12-20-44(39)48(45(41)28-43(40)46)37-22-30(29-47)21-33(26-37)36-24-34(31-13-5-3-6-14-31)23-35(25-36)32-15-7-4-8-16-32/h3-28H,1-2H3. The highest BCUT2D eigenvalue weighted by atomic mass is 15.0. The first-order chi connectivity index (χ1) is 23.5. The lowest BCUT2D eigenvalue weighted by Crippen LogP contribution is -2.15. The number of rotatable bonds is 4. The van der Waals surface area contributed by atoms with E-state index in [4.69, 9.17) is 0 Å². The molecular formula is C46H32N2. The second-order valence-corrected chi connectivity index (χ2v) is 13.3. The van der Waals surface area contributed by atoms with E-state index in [1.54, 1.807) is 0 Å². The molecule has 1 aliphatic carbocycles. The van der Waals surface area contributed by atoms with Crippen molar-refractivity contribution in [3.63, 3.8) is 0 Å². The summed E-state index contributed by atoms with van der Waals surface area (Å²) in [7, 11) is 0. The Hall–Kier alpha value is -6.17. The Bertz CT molecular complexity index is 2520. The first-order valence-corrected chi connectivity index (χ1v) is 16.5. The lowest BCUT2D eigenvalue weighted by Gasteiger charge is -2.21. The summed E-state index contributed by atoms with van der Waals surface area (Å²) in [5.41, 5.74) is 15.8. The van der Waals surface area contributed by atoms with Gasteiger partial charge in [0.1, 0.15) is 0 Å². The second kappa shape index (κ2) is 10.7. The van der Waals surface area contributed by atoms with Crippen molar-refractivity contribution in [1.29, 1.82) is 5.26 Å². The molecule has 9 rings (SSSR count). The lowest BCUT2D eigenvalue weighted by atomic mass is 9.82. The molecule has 226 valence electrons. The molecule has 0 saturated heterocycles. The number of nitriles is 1. The molecule has 0 amide bonds. The van der Waals surface area contributed by atoms with Gasteiger partial charge in [-0.1, -0.05) is 117 Å². The Balaban J connectivity index is 1.30. The molecule has 2 heteroatoms. The van der Waals surface area contributed by atoms with Gasteiger partial charge in [0.05, 0.1) is 22.7 Å². The van der Waals surface area contributed by atoms with Crippen molar-refractivity contribution in [1.82, 2.24) is 4.57 Å². The van der Waals surface area contributed by atoms with Crippen LogP contribution in [0.25, 0.3) is 72.0 Å². The van der Waals surface area contributed by atoms with Crippen molar-refractivity contribution in [2.75, 3.05) is 0 Å². The van der Waals surface area contributed by atoms with Gasteiger partial charge in [0.2, 0.25) is 0 Å². The zero-order valence-electron chi connectivity index (χ0n) is 26.9. The monoisotopic (exact) mass is 612 g/mol. The number of aromatic nitrogens is 1. The molecule has 0 N–H and O–H groups in total. The molecule has 0 bridgehead atoms. The zero-order valence-corrected chi connectivity index (χ0v) is 26.9. The van der Waals surface area contributed by atoms with Crippen molar-refractivity contribution in [3.8, 4) is 56.3 Å². The summed E-state index contributed by atoms with van der Waals surface area (Å²) in [4.78, 5) is 0. The van der Waals surface area contributed by atoms with Gasteiger partial charge in [0.25, 0.3) is 0 Å². The average molecular weight is 613 g/mol. The topological polar surface area (TPSA) is 28.7 Å². The van der Waals surface area contributed by atoms with E-state index in [9.17, 15) is 5.26 Å². The van der Waals surface area contributed by atoms with E-state index in [0.29, 0.717) is 5.56 Å². The normalized spacial score (nSPS) is 12.9. The summed E-state index contributed by atoms with van der Waals surface area (Å²) >= 11 is 0. The van der Waals surface area contributed by atoms with Gasteiger partial charge in [-0.15, -0.1) is 0 Å². The molecule has 0 saturated carbocycles. The molecule has 2 nitrogen and oxygen atoms in total. The van der Waals surface area contributed by atoms with Crippen LogP contribution in [0.15, 0.2) is 158 Å². The summed E-state index contributed by atoms with van der Waals surface area (Å²) in [5.74, 6) is 0. The summed E-state index contributed by atoms with van der Waals surface area (Å²) in [6.45, 7) is 4.66. The Labute approximate surface area is 280 Å². The highest BCUT2D eigenvalue weighted by Gasteiger charge is 2.36. The van der Waals surface area contributed by atoms with Gasteiger partial charge in [-0.2, -0.15) is 5.26 Å². The van der Waals surface area contributed by atoms with Crippen LogP contribution >= 0.6 is 0 Å². The number of hydrogen-bond acceptors (Lipinski definition) is 1. The van der Waals surface area contributed by atoms with Crippen LogP contribution in [0.3, 0.4) is 0 Å². The second-order valence-electron chi connectivity index (χ2n) is 13.3. The first-order valence-electron chi connectivity index (χ1n) is 16.5. The van der Waals surface area contributed by atoms with Crippen molar-refractivity contribution < 1.29 is 0 Å². The third-order valence-corrected chi connectivity index (χ3v) is 10.2. The lowest BCUT2D eigenvalue weighted by molar-refractivity contribution is 0.661. The van der Waals surface area contributed by atoms with Crippen LogP contribution in [0, 0.1) is 11.3 Å². The Morgan fingerprint density at radius 3 is 1.73 bits per heavy atom. The molecule has 0 atom stereocenters. The van der Waals surface area contributed by atoms with Gasteiger partial charge >= 0.3 is 0 Å². The van der Waals surface area contributed by atoms with Crippen LogP contribution in [-0.2, 0) is 5.41 Å². The van der Waals surface area contributed by atoms with Gasteiger partial charge in [-0.25, -0.2) is 0 Å². The Kier molecular flexibility index (Phi) is 6.26. The summed E-state index contributed by atoms with van der Waals surface area (Å²) < 4.78 is 2.35. The largest absolute Gasteiger partial charge is 0.309 e. The highest BCUT2D eigenvalue weighted by Crippen LogP contribution is 2.51.